The van der Waals surface area contributed by atoms with E-state index in [9.17, 15) is 0 Å². The van der Waals surface area contributed by atoms with Gasteiger partial charge in [0.05, 0.1) is 5.69 Å². The van der Waals surface area contributed by atoms with Gasteiger partial charge in [-0.25, -0.2) is 0 Å². The van der Waals surface area contributed by atoms with Gasteiger partial charge in [0.25, 0.3) is 0 Å². The largest absolute Gasteiger partial charge is 0.456 e. The molecule has 2 heteroatoms. The number of anilines is 3. The topological polar surface area (TPSA) is 16.4 Å². The Labute approximate surface area is 333 Å². The van der Waals surface area contributed by atoms with E-state index in [0.29, 0.717) is 0 Å². The second-order valence-electron chi connectivity index (χ2n) is 14.6. The molecule has 0 spiro atoms. The highest BCUT2D eigenvalue weighted by Gasteiger charge is 2.18. The fraction of sp³-hybridized carbons (Fsp3) is 0.0182. The first-order chi connectivity index (χ1) is 28.2. The van der Waals surface area contributed by atoms with E-state index in [0.717, 1.165) is 44.9 Å². The molecular formula is C55H39NO. The van der Waals surface area contributed by atoms with Crippen LogP contribution >= 0.6 is 0 Å². The molecule has 9 aromatic carbocycles. The highest BCUT2D eigenvalue weighted by molar-refractivity contribution is 5.91. The maximum absolute atomic E-state index is 6.30. The summed E-state index contributed by atoms with van der Waals surface area (Å²) in [5.74, 6) is 0.927. The van der Waals surface area contributed by atoms with Crippen molar-refractivity contribution in [3.63, 3.8) is 0 Å². The predicted octanol–water partition coefficient (Wildman–Crippen LogP) is 15.7. The maximum atomic E-state index is 6.30. The van der Waals surface area contributed by atoms with Gasteiger partial charge < -0.3 is 9.32 Å². The van der Waals surface area contributed by atoms with Gasteiger partial charge in [0.15, 0.2) is 0 Å². The van der Waals surface area contributed by atoms with Gasteiger partial charge >= 0.3 is 0 Å². The summed E-state index contributed by atoms with van der Waals surface area (Å²) >= 11 is 0. The Morgan fingerprint density at radius 1 is 0.351 bits per heavy atom. The van der Waals surface area contributed by atoms with E-state index in [1.165, 1.54) is 55.3 Å². The van der Waals surface area contributed by atoms with E-state index >= 15 is 0 Å². The maximum Gasteiger partial charge on any atom is 0.138 e. The first-order valence-electron chi connectivity index (χ1n) is 19.5. The molecule has 0 aliphatic carbocycles. The summed E-state index contributed by atoms with van der Waals surface area (Å²) < 4.78 is 6.30. The Balaban J connectivity index is 0.972. The molecule has 0 amide bonds. The van der Waals surface area contributed by atoms with Crippen LogP contribution in [0.4, 0.5) is 17.1 Å². The van der Waals surface area contributed by atoms with Crippen molar-refractivity contribution in [2.75, 3.05) is 4.90 Å². The van der Waals surface area contributed by atoms with E-state index in [2.05, 4.69) is 218 Å². The fourth-order valence-electron chi connectivity index (χ4n) is 8.08. The van der Waals surface area contributed by atoms with Crippen LogP contribution in [0, 0.1) is 6.92 Å². The minimum atomic E-state index is 0.921. The second kappa shape index (κ2) is 14.7. The summed E-state index contributed by atoms with van der Waals surface area (Å²) in [5, 5.41) is 3.66. The van der Waals surface area contributed by atoms with Crippen LogP contribution in [0.25, 0.3) is 77.6 Å². The highest BCUT2D eigenvalue weighted by Crippen LogP contribution is 2.42. The molecule has 0 N–H and O–H groups in total. The third kappa shape index (κ3) is 6.58. The number of fused-ring (bicyclic) bond motifs is 2. The van der Waals surface area contributed by atoms with Crippen LogP contribution in [-0.2, 0) is 0 Å². The van der Waals surface area contributed by atoms with Crippen molar-refractivity contribution in [2.24, 2.45) is 0 Å². The van der Waals surface area contributed by atoms with Crippen molar-refractivity contribution in [1.29, 1.82) is 0 Å². The number of benzene rings is 9. The predicted molar refractivity (Wildman–Crippen MR) is 240 cm³/mol. The molecule has 10 aromatic rings. The van der Waals surface area contributed by atoms with Crippen molar-refractivity contribution in [3.05, 3.63) is 224 Å². The van der Waals surface area contributed by atoms with Crippen LogP contribution in [0.3, 0.4) is 0 Å². The molecular weight excluding hydrogens is 691 g/mol. The quantitative estimate of drug-likeness (QED) is 0.155. The Bertz CT molecular complexity index is 2990. The first-order valence-corrected chi connectivity index (χ1v) is 19.5. The molecule has 1 heterocycles. The summed E-state index contributed by atoms with van der Waals surface area (Å²) in [4.78, 5) is 2.37. The zero-order chi connectivity index (χ0) is 38.1. The number of hydrogen-bond donors (Lipinski definition) is 0. The van der Waals surface area contributed by atoms with Gasteiger partial charge in [-0.15, -0.1) is 0 Å². The molecule has 270 valence electrons. The Morgan fingerprint density at radius 3 is 1.56 bits per heavy atom. The summed E-state index contributed by atoms with van der Waals surface area (Å²) in [6.07, 6.45) is 0. The number of nitrogens with zero attached hydrogens (tertiary/aromatic N) is 1. The van der Waals surface area contributed by atoms with Crippen LogP contribution in [0.1, 0.15) is 5.56 Å². The molecule has 57 heavy (non-hydrogen) atoms. The Hall–Kier alpha value is -7.42. The lowest BCUT2D eigenvalue weighted by atomic mass is 9.97. The van der Waals surface area contributed by atoms with Crippen molar-refractivity contribution >= 4 is 38.8 Å². The monoisotopic (exact) mass is 729 g/mol. The number of hydrogen-bond acceptors (Lipinski definition) is 2. The molecule has 0 radical (unpaired) electrons. The van der Waals surface area contributed by atoms with Gasteiger partial charge in [-0.2, -0.15) is 0 Å². The van der Waals surface area contributed by atoms with Crippen LogP contribution in [0.5, 0.6) is 0 Å². The molecule has 10 rings (SSSR count). The first kappa shape index (κ1) is 34.1. The van der Waals surface area contributed by atoms with Gasteiger partial charge in [0, 0.05) is 33.5 Å². The molecule has 0 aliphatic rings. The standard InChI is InChI=1S/C55H39NO/c1-38-51-18-8-10-21-54(51)57-55(38)48-17-11-16-46(37-48)42-24-22-40(23-25-42)41-28-32-49(33-29-41)56(53-20-9-7-19-52(53)44-13-3-2-4-14-44)50-34-30-43(31-35-50)47-27-26-39-12-5-6-15-45(39)36-47/h2-37H,1H3. The van der Waals surface area contributed by atoms with E-state index < -0.39 is 0 Å². The summed E-state index contributed by atoms with van der Waals surface area (Å²) in [5.41, 5.74) is 15.9. The van der Waals surface area contributed by atoms with Crippen molar-refractivity contribution in [1.82, 2.24) is 0 Å². The minimum absolute atomic E-state index is 0.921. The van der Waals surface area contributed by atoms with Crippen LogP contribution in [-0.4, -0.2) is 0 Å². The fourth-order valence-corrected chi connectivity index (χ4v) is 8.08. The average Bonchev–Trinajstić information content (AvgIpc) is 3.63. The van der Waals surface area contributed by atoms with Gasteiger partial charge in [-0.1, -0.05) is 170 Å². The van der Waals surface area contributed by atoms with Crippen molar-refractivity contribution < 1.29 is 4.42 Å². The normalized spacial score (nSPS) is 11.2. The van der Waals surface area contributed by atoms with Crippen molar-refractivity contribution in [2.45, 2.75) is 6.92 Å². The third-order valence-corrected chi connectivity index (χ3v) is 11.1. The summed E-state index contributed by atoms with van der Waals surface area (Å²) in [6.45, 7) is 2.14. The smallest absolute Gasteiger partial charge is 0.138 e. The van der Waals surface area contributed by atoms with E-state index in [4.69, 9.17) is 4.42 Å². The second-order valence-corrected chi connectivity index (χ2v) is 14.6. The molecule has 0 saturated heterocycles. The van der Waals surface area contributed by atoms with Crippen LogP contribution < -0.4 is 4.90 Å². The van der Waals surface area contributed by atoms with E-state index in [1.54, 1.807) is 0 Å². The van der Waals surface area contributed by atoms with E-state index in [-0.39, 0.29) is 0 Å². The molecule has 0 aliphatic heterocycles. The van der Waals surface area contributed by atoms with Gasteiger partial charge in [0.1, 0.15) is 11.3 Å². The lowest BCUT2D eigenvalue weighted by Crippen LogP contribution is -2.11. The third-order valence-electron chi connectivity index (χ3n) is 11.1. The molecule has 0 unspecified atom stereocenters. The number of furan rings is 1. The van der Waals surface area contributed by atoms with Crippen LogP contribution in [0.15, 0.2) is 223 Å². The molecule has 0 atom stereocenters. The SMILES string of the molecule is Cc1c(-c2cccc(-c3ccc(-c4ccc(N(c5ccc(-c6ccc7ccccc7c6)cc5)c5ccccc5-c5ccccc5)cc4)cc3)c2)oc2ccccc12. The number of aryl methyl sites for hydroxylation is 1. The summed E-state index contributed by atoms with van der Waals surface area (Å²) in [6, 6.07) is 78.2. The van der Waals surface area contributed by atoms with Gasteiger partial charge in [-0.3, -0.25) is 0 Å². The molecule has 0 fully saturated rings. The molecule has 0 bridgehead atoms. The molecule has 2 nitrogen and oxygen atoms in total. The van der Waals surface area contributed by atoms with Gasteiger partial charge in [0.2, 0.25) is 0 Å². The minimum Gasteiger partial charge on any atom is -0.456 e. The lowest BCUT2D eigenvalue weighted by Gasteiger charge is -2.28. The molecule has 1 aromatic heterocycles. The number of para-hydroxylation sites is 2. The van der Waals surface area contributed by atoms with Crippen LogP contribution in [0.2, 0.25) is 0 Å². The van der Waals surface area contributed by atoms with E-state index in [1.807, 2.05) is 12.1 Å². The Morgan fingerprint density at radius 2 is 0.860 bits per heavy atom. The summed E-state index contributed by atoms with van der Waals surface area (Å²) in [7, 11) is 0. The zero-order valence-corrected chi connectivity index (χ0v) is 31.6. The lowest BCUT2D eigenvalue weighted by molar-refractivity contribution is 0.629. The van der Waals surface area contributed by atoms with Gasteiger partial charge in [-0.05, 0) is 105 Å². The highest BCUT2D eigenvalue weighted by atomic mass is 16.3. The Kier molecular flexibility index (Phi) is 8.78. The number of rotatable bonds is 8. The molecule has 0 saturated carbocycles. The zero-order valence-electron chi connectivity index (χ0n) is 31.6. The average molecular weight is 730 g/mol. The van der Waals surface area contributed by atoms with Crippen molar-refractivity contribution in [3.8, 4) is 55.8 Å².